The van der Waals surface area contributed by atoms with Gasteiger partial charge in [0.25, 0.3) is 0 Å². The Morgan fingerprint density at radius 1 is 1.35 bits per heavy atom. The zero-order valence-electron chi connectivity index (χ0n) is 11.7. The third-order valence-electron chi connectivity index (χ3n) is 2.91. The predicted molar refractivity (Wildman–Crippen MR) is 70.1 cm³/mol. The molecule has 0 aliphatic carbocycles. The van der Waals surface area contributed by atoms with Gasteiger partial charge in [0.15, 0.2) is 0 Å². The van der Waals surface area contributed by atoms with Crippen molar-refractivity contribution in [2.24, 2.45) is 13.0 Å². The molecule has 1 rings (SSSR count). The largest absolute Gasteiger partial charge is 0.481 e. The van der Waals surface area contributed by atoms with Gasteiger partial charge in [0.05, 0.1) is 12.8 Å². The van der Waals surface area contributed by atoms with Crippen LogP contribution in [0.4, 0.5) is 0 Å². The summed E-state index contributed by atoms with van der Waals surface area (Å²) in [4.78, 5) is 0. The summed E-state index contributed by atoms with van der Waals surface area (Å²) in [5.74, 6) is 1.57. The highest BCUT2D eigenvalue weighted by Gasteiger charge is 2.07. The van der Waals surface area contributed by atoms with Crippen LogP contribution in [0.1, 0.15) is 39.3 Å². The Kier molecular flexibility index (Phi) is 5.48. The van der Waals surface area contributed by atoms with Crippen LogP contribution >= 0.6 is 0 Å². The molecule has 0 saturated carbocycles. The third-order valence-corrected chi connectivity index (χ3v) is 2.91. The molecule has 0 spiro atoms. The zero-order chi connectivity index (χ0) is 12.8. The van der Waals surface area contributed by atoms with E-state index in [9.17, 15) is 0 Å². The average molecular weight is 239 g/mol. The molecule has 0 saturated heterocycles. The van der Waals surface area contributed by atoms with Crippen LogP contribution < -0.4 is 10.1 Å². The molecular weight excluding hydrogens is 214 g/mol. The molecule has 1 aromatic heterocycles. The monoisotopic (exact) mass is 239 g/mol. The Morgan fingerprint density at radius 2 is 2.06 bits per heavy atom. The highest BCUT2D eigenvalue weighted by atomic mass is 16.5. The van der Waals surface area contributed by atoms with E-state index in [-0.39, 0.29) is 0 Å². The first-order valence-electron chi connectivity index (χ1n) is 6.33. The maximum atomic E-state index is 5.18. The number of hydrogen-bond donors (Lipinski definition) is 1. The van der Waals surface area contributed by atoms with Gasteiger partial charge >= 0.3 is 0 Å². The smallest absolute Gasteiger partial charge is 0.211 e. The molecule has 17 heavy (non-hydrogen) atoms. The lowest BCUT2D eigenvalue weighted by atomic mass is 10.0. The quantitative estimate of drug-likeness (QED) is 0.794. The van der Waals surface area contributed by atoms with Gasteiger partial charge in [-0.1, -0.05) is 13.8 Å². The molecule has 0 radical (unpaired) electrons. The van der Waals surface area contributed by atoms with Crippen molar-refractivity contribution in [2.75, 3.05) is 7.11 Å². The standard InChI is InChI=1S/C13H25N3O/c1-10(2)6-7-11(3)14-9-12-8-13(17-5)16(4)15-12/h8,10-11,14H,6-7,9H2,1-5H3. The molecule has 4 heteroatoms. The number of aryl methyl sites for hydroxylation is 1. The van der Waals surface area contributed by atoms with E-state index in [1.165, 1.54) is 12.8 Å². The van der Waals surface area contributed by atoms with Crippen molar-refractivity contribution < 1.29 is 4.74 Å². The maximum absolute atomic E-state index is 5.18. The van der Waals surface area contributed by atoms with Crippen LogP contribution in [-0.4, -0.2) is 22.9 Å². The highest BCUT2D eigenvalue weighted by Crippen LogP contribution is 2.11. The summed E-state index contributed by atoms with van der Waals surface area (Å²) in [5, 5.41) is 7.87. The van der Waals surface area contributed by atoms with Gasteiger partial charge in [-0.15, -0.1) is 0 Å². The second kappa shape index (κ2) is 6.64. The summed E-state index contributed by atoms with van der Waals surface area (Å²) in [5.41, 5.74) is 1.03. The molecule has 0 amide bonds. The molecule has 0 aromatic carbocycles. The Hall–Kier alpha value is -1.03. The van der Waals surface area contributed by atoms with Gasteiger partial charge in [0.1, 0.15) is 0 Å². The zero-order valence-corrected chi connectivity index (χ0v) is 11.7. The Balaban J connectivity index is 2.34. The van der Waals surface area contributed by atoms with Crippen LogP contribution in [0.3, 0.4) is 0 Å². The lowest BCUT2D eigenvalue weighted by Gasteiger charge is -2.13. The number of hydrogen-bond acceptors (Lipinski definition) is 3. The summed E-state index contributed by atoms with van der Waals surface area (Å²) in [6.07, 6.45) is 2.47. The first-order valence-corrected chi connectivity index (χ1v) is 6.33. The summed E-state index contributed by atoms with van der Waals surface area (Å²) in [6.45, 7) is 7.55. The van der Waals surface area contributed by atoms with Crippen molar-refractivity contribution >= 4 is 0 Å². The topological polar surface area (TPSA) is 39.1 Å². The molecular formula is C13H25N3O. The van der Waals surface area contributed by atoms with E-state index in [1.807, 2.05) is 13.1 Å². The van der Waals surface area contributed by atoms with Crippen molar-refractivity contribution in [1.82, 2.24) is 15.1 Å². The Labute approximate surface area is 104 Å². The van der Waals surface area contributed by atoms with Gasteiger partial charge in [-0.3, -0.25) is 0 Å². The minimum atomic E-state index is 0.533. The third kappa shape index (κ3) is 4.77. The van der Waals surface area contributed by atoms with Crippen molar-refractivity contribution in [3.05, 3.63) is 11.8 Å². The summed E-state index contributed by atoms with van der Waals surface area (Å²) in [6, 6.07) is 2.51. The van der Waals surface area contributed by atoms with Gasteiger partial charge < -0.3 is 10.1 Å². The fourth-order valence-corrected chi connectivity index (χ4v) is 1.75. The van der Waals surface area contributed by atoms with E-state index < -0.39 is 0 Å². The molecule has 98 valence electrons. The SMILES string of the molecule is COc1cc(CNC(C)CCC(C)C)nn1C. The molecule has 0 bridgehead atoms. The molecule has 4 nitrogen and oxygen atoms in total. The fourth-order valence-electron chi connectivity index (χ4n) is 1.75. The molecule has 0 aliphatic heterocycles. The molecule has 1 N–H and O–H groups in total. The molecule has 0 fully saturated rings. The van der Waals surface area contributed by atoms with Crippen LogP contribution in [0, 0.1) is 5.92 Å². The number of nitrogens with one attached hydrogen (secondary N) is 1. The number of nitrogens with zero attached hydrogens (tertiary/aromatic N) is 2. The van der Waals surface area contributed by atoms with E-state index in [2.05, 4.69) is 31.2 Å². The van der Waals surface area contributed by atoms with Crippen LogP contribution in [0.25, 0.3) is 0 Å². The Morgan fingerprint density at radius 3 is 2.59 bits per heavy atom. The maximum Gasteiger partial charge on any atom is 0.211 e. The van der Waals surface area contributed by atoms with Crippen LogP contribution in [0.15, 0.2) is 6.07 Å². The van der Waals surface area contributed by atoms with Crippen LogP contribution in [-0.2, 0) is 13.6 Å². The number of aromatic nitrogens is 2. The molecule has 1 atom stereocenters. The minimum Gasteiger partial charge on any atom is -0.481 e. The van der Waals surface area contributed by atoms with Crippen molar-refractivity contribution in [3.8, 4) is 5.88 Å². The van der Waals surface area contributed by atoms with E-state index in [1.54, 1.807) is 11.8 Å². The molecule has 1 heterocycles. The van der Waals surface area contributed by atoms with Crippen LogP contribution in [0.2, 0.25) is 0 Å². The number of ether oxygens (including phenoxy) is 1. The second-order valence-electron chi connectivity index (χ2n) is 5.05. The first kappa shape index (κ1) is 14.0. The van der Waals surface area contributed by atoms with E-state index in [0.29, 0.717) is 6.04 Å². The first-order chi connectivity index (χ1) is 8.02. The van der Waals surface area contributed by atoms with E-state index in [0.717, 1.165) is 24.0 Å². The van der Waals surface area contributed by atoms with Crippen molar-refractivity contribution in [1.29, 1.82) is 0 Å². The molecule has 0 aliphatic rings. The lowest BCUT2D eigenvalue weighted by molar-refractivity contribution is 0.373. The van der Waals surface area contributed by atoms with Gasteiger partial charge in [-0.05, 0) is 25.7 Å². The Bertz CT molecular complexity index is 333. The van der Waals surface area contributed by atoms with E-state index in [4.69, 9.17) is 4.74 Å². The average Bonchev–Trinajstić information content (AvgIpc) is 2.64. The molecule has 1 aromatic rings. The van der Waals surface area contributed by atoms with Gasteiger partial charge in [-0.25, -0.2) is 4.68 Å². The van der Waals surface area contributed by atoms with Gasteiger partial charge in [0.2, 0.25) is 5.88 Å². The van der Waals surface area contributed by atoms with Crippen molar-refractivity contribution in [3.63, 3.8) is 0 Å². The van der Waals surface area contributed by atoms with Crippen LogP contribution in [0.5, 0.6) is 5.88 Å². The number of rotatable bonds is 7. The number of methoxy groups -OCH3 is 1. The van der Waals surface area contributed by atoms with Gasteiger partial charge in [-0.2, -0.15) is 5.10 Å². The molecule has 1 unspecified atom stereocenters. The van der Waals surface area contributed by atoms with E-state index >= 15 is 0 Å². The fraction of sp³-hybridized carbons (Fsp3) is 0.769. The summed E-state index contributed by atoms with van der Waals surface area (Å²) in [7, 11) is 3.56. The summed E-state index contributed by atoms with van der Waals surface area (Å²) < 4.78 is 6.94. The lowest BCUT2D eigenvalue weighted by Crippen LogP contribution is -2.26. The predicted octanol–water partition coefficient (Wildman–Crippen LogP) is 2.34. The minimum absolute atomic E-state index is 0.533. The highest BCUT2D eigenvalue weighted by molar-refractivity contribution is 5.15. The van der Waals surface area contributed by atoms with Crippen molar-refractivity contribution in [2.45, 2.75) is 46.2 Å². The van der Waals surface area contributed by atoms with Gasteiger partial charge in [0, 0.05) is 25.7 Å². The summed E-state index contributed by atoms with van der Waals surface area (Å²) >= 11 is 0. The normalized spacial score (nSPS) is 13.1. The second-order valence-corrected chi connectivity index (χ2v) is 5.05.